The van der Waals surface area contributed by atoms with E-state index in [4.69, 9.17) is 14.2 Å². The van der Waals surface area contributed by atoms with Gasteiger partial charge in [0.25, 0.3) is 0 Å². The summed E-state index contributed by atoms with van der Waals surface area (Å²) in [5.74, 6) is 1.39. The first-order valence-corrected chi connectivity index (χ1v) is 12.8. The molecule has 0 fully saturated rings. The van der Waals surface area contributed by atoms with E-state index in [0.717, 1.165) is 41.2 Å². The highest BCUT2D eigenvalue weighted by atomic mass is 16.5. The van der Waals surface area contributed by atoms with E-state index in [1.54, 1.807) is 12.1 Å². The Labute approximate surface area is 210 Å². The Balaban J connectivity index is 1.38. The highest BCUT2D eigenvalue weighted by molar-refractivity contribution is 5.89. The van der Waals surface area contributed by atoms with Gasteiger partial charge < -0.3 is 14.2 Å². The number of rotatable bonds is 15. The molecule has 0 bridgehead atoms. The van der Waals surface area contributed by atoms with Crippen LogP contribution in [0, 0.1) is 0 Å². The summed E-state index contributed by atoms with van der Waals surface area (Å²) < 4.78 is 16.5. The number of carbonyl (C=O) groups is 1. The van der Waals surface area contributed by atoms with Gasteiger partial charge in [-0.2, -0.15) is 0 Å². The van der Waals surface area contributed by atoms with Crippen LogP contribution in [-0.2, 0) is 11.3 Å². The van der Waals surface area contributed by atoms with Crippen molar-refractivity contribution in [3.63, 3.8) is 0 Å². The van der Waals surface area contributed by atoms with Crippen molar-refractivity contribution in [1.82, 2.24) is 0 Å². The summed E-state index contributed by atoms with van der Waals surface area (Å²) in [5, 5.41) is 0. The zero-order valence-corrected chi connectivity index (χ0v) is 21.1. The van der Waals surface area contributed by atoms with Crippen molar-refractivity contribution < 1.29 is 19.0 Å². The third-order valence-corrected chi connectivity index (χ3v) is 6.09. The molecule has 0 radical (unpaired) electrons. The molecule has 0 atom stereocenters. The molecule has 0 aliphatic heterocycles. The summed E-state index contributed by atoms with van der Waals surface area (Å²) in [6, 6.07) is 23.6. The molecule has 186 valence electrons. The zero-order valence-electron chi connectivity index (χ0n) is 21.1. The molecule has 4 nitrogen and oxygen atoms in total. The van der Waals surface area contributed by atoms with Crippen LogP contribution in [0.2, 0.25) is 0 Å². The largest absolute Gasteiger partial charge is 0.494 e. The van der Waals surface area contributed by atoms with Crippen LogP contribution in [0.5, 0.6) is 11.5 Å². The van der Waals surface area contributed by atoms with E-state index < -0.39 is 0 Å². The smallest absolute Gasteiger partial charge is 0.337 e. The van der Waals surface area contributed by atoms with Crippen molar-refractivity contribution in [2.75, 3.05) is 13.7 Å². The molecule has 4 heteroatoms. The lowest BCUT2D eigenvalue weighted by Crippen LogP contribution is -2.01. The molecule has 0 unspecified atom stereocenters. The zero-order chi connectivity index (χ0) is 24.7. The standard InChI is InChI=1S/C31H38O4/c1-3-4-5-6-7-8-9-10-23-34-29-19-15-26(16-20-29)27-17-21-30(22-18-27)35-24-25-11-13-28(14-12-25)31(32)33-2/h11-22H,3-10,23-24H2,1-2H3. The first-order valence-electron chi connectivity index (χ1n) is 12.8. The van der Waals surface area contributed by atoms with Crippen molar-refractivity contribution in [3.8, 4) is 22.6 Å². The first kappa shape index (κ1) is 26.3. The quantitative estimate of drug-likeness (QED) is 0.164. The van der Waals surface area contributed by atoms with Crippen LogP contribution < -0.4 is 9.47 Å². The average molecular weight is 475 g/mol. The molecule has 0 N–H and O–H groups in total. The summed E-state index contributed by atoms with van der Waals surface area (Å²) >= 11 is 0. The molecule has 0 aromatic heterocycles. The third-order valence-electron chi connectivity index (χ3n) is 6.09. The van der Waals surface area contributed by atoms with Crippen LogP contribution in [0.15, 0.2) is 72.8 Å². The fraction of sp³-hybridized carbons (Fsp3) is 0.387. The molecular formula is C31H38O4. The molecular weight excluding hydrogens is 436 g/mol. The second kappa shape index (κ2) is 14.9. The van der Waals surface area contributed by atoms with E-state index in [2.05, 4.69) is 31.2 Å². The maximum atomic E-state index is 11.5. The van der Waals surface area contributed by atoms with Crippen molar-refractivity contribution >= 4 is 5.97 Å². The minimum absolute atomic E-state index is 0.337. The lowest BCUT2D eigenvalue weighted by Gasteiger charge is -2.09. The fourth-order valence-electron chi connectivity index (χ4n) is 3.93. The molecule has 3 aromatic carbocycles. The van der Waals surface area contributed by atoms with E-state index in [0.29, 0.717) is 12.2 Å². The molecule has 0 aliphatic rings. The topological polar surface area (TPSA) is 44.8 Å². The monoisotopic (exact) mass is 474 g/mol. The van der Waals surface area contributed by atoms with Crippen LogP contribution in [0.25, 0.3) is 11.1 Å². The molecule has 0 spiro atoms. The summed E-state index contributed by atoms with van der Waals surface area (Å²) in [4.78, 5) is 11.5. The van der Waals surface area contributed by atoms with Gasteiger partial charge in [-0.05, 0) is 59.5 Å². The van der Waals surface area contributed by atoms with Gasteiger partial charge in [-0.25, -0.2) is 4.79 Å². The Kier molecular flexibility index (Phi) is 11.2. The summed E-state index contributed by atoms with van der Waals surface area (Å²) in [7, 11) is 1.38. The normalized spacial score (nSPS) is 10.7. The first-order chi connectivity index (χ1) is 17.2. The van der Waals surface area contributed by atoms with Crippen LogP contribution in [0.3, 0.4) is 0 Å². The van der Waals surface area contributed by atoms with Gasteiger partial charge in [0, 0.05) is 0 Å². The Hall–Kier alpha value is -3.27. The van der Waals surface area contributed by atoms with Crippen LogP contribution in [0.4, 0.5) is 0 Å². The molecule has 0 heterocycles. The van der Waals surface area contributed by atoms with Gasteiger partial charge in [-0.1, -0.05) is 88.3 Å². The number of ether oxygens (including phenoxy) is 3. The number of benzene rings is 3. The Bertz CT molecular complexity index is 992. The number of hydrogen-bond donors (Lipinski definition) is 0. The third kappa shape index (κ3) is 9.12. The maximum absolute atomic E-state index is 11.5. The van der Waals surface area contributed by atoms with Gasteiger partial charge in [-0.3, -0.25) is 0 Å². The Morgan fingerprint density at radius 2 is 1.14 bits per heavy atom. The van der Waals surface area contributed by atoms with Crippen LogP contribution in [0.1, 0.15) is 74.2 Å². The number of carbonyl (C=O) groups excluding carboxylic acids is 1. The summed E-state index contributed by atoms with van der Waals surface area (Å²) in [6.45, 7) is 3.48. The van der Waals surface area contributed by atoms with E-state index >= 15 is 0 Å². The van der Waals surface area contributed by atoms with Gasteiger partial charge in [0.1, 0.15) is 18.1 Å². The lowest BCUT2D eigenvalue weighted by molar-refractivity contribution is 0.0600. The number of methoxy groups -OCH3 is 1. The van der Waals surface area contributed by atoms with Gasteiger partial charge in [0.15, 0.2) is 0 Å². The Morgan fingerprint density at radius 1 is 0.629 bits per heavy atom. The van der Waals surface area contributed by atoms with Crippen molar-refractivity contribution in [2.24, 2.45) is 0 Å². The van der Waals surface area contributed by atoms with Gasteiger partial charge >= 0.3 is 5.97 Å². The molecule has 0 saturated carbocycles. The molecule has 0 amide bonds. The number of esters is 1. The van der Waals surface area contributed by atoms with Crippen molar-refractivity contribution in [3.05, 3.63) is 83.9 Å². The second-order valence-electron chi connectivity index (χ2n) is 8.85. The maximum Gasteiger partial charge on any atom is 0.337 e. The molecule has 3 rings (SSSR count). The summed E-state index contributed by atoms with van der Waals surface area (Å²) in [5.41, 5.74) is 3.80. The lowest BCUT2D eigenvalue weighted by atomic mass is 10.1. The van der Waals surface area contributed by atoms with Gasteiger partial charge in [-0.15, -0.1) is 0 Å². The molecule has 35 heavy (non-hydrogen) atoms. The highest BCUT2D eigenvalue weighted by Gasteiger charge is 2.05. The van der Waals surface area contributed by atoms with Crippen LogP contribution >= 0.6 is 0 Å². The minimum atomic E-state index is -0.337. The highest BCUT2D eigenvalue weighted by Crippen LogP contribution is 2.25. The van der Waals surface area contributed by atoms with Gasteiger partial charge in [0.05, 0.1) is 19.3 Å². The van der Waals surface area contributed by atoms with E-state index in [1.807, 2.05) is 36.4 Å². The molecule has 3 aromatic rings. The Morgan fingerprint density at radius 3 is 1.69 bits per heavy atom. The predicted molar refractivity (Wildman–Crippen MR) is 142 cm³/mol. The van der Waals surface area contributed by atoms with E-state index in [-0.39, 0.29) is 5.97 Å². The van der Waals surface area contributed by atoms with Crippen molar-refractivity contribution in [2.45, 2.75) is 64.9 Å². The predicted octanol–water partition coefficient (Wildman–Crippen LogP) is 8.24. The van der Waals surface area contributed by atoms with Crippen LogP contribution in [-0.4, -0.2) is 19.7 Å². The van der Waals surface area contributed by atoms with E-state index in [9.17, 15) is 4.79 Å². The number of unbranched alkanes of at least 4 members (excludes halogenated alkanes) is 7. The van der Waals surface area contributed by atoms with E-state index in [1.165, 1.54) is 52.1 Å². The van der Waals surface area contributed by atoms with Gasteiger partial charge in [0.2, 0.25) is 0 Å². The summed E-state index contributed by atoms with van der Waals surface area (Å²) in [6.07, 6.45) is 10.5. The second-order valence-corrected chi connectivity index (χ2v) is 8.85. The number of hydrogen-bond acceptors (Lipinski definition) is 4. The SMILES string of the molecule is CCCCCCCCCCOc1ccc(-c2ccc(OCc3ccc(C(=O)OC)cc3)cc2)cc1. The molecule has 0 aliphatic carbocycles. The van der Waals surface area contributed by atoms with Crippen molar-refractivity contribution in [1.29, 1.82) is 0 Å². The minimum Gasteiger partial charge on any atom is -0.494 e. The fourth-order valence-corrected chi connectivity index (χ4v) is 3.93. The average Bonchev–Trinajstić information content (AvgIpc) is 2.91. The molecule has 0 saturated heterocycles.